The summed E-state index contributed by atoms with van der Waals surface area (Å²) in [5.41, 5.74) is 4.98. The summed E-state index contributed by atoms with van der Waals surface area (Å²) in [5.74, 6) is 0.244. The van der Waals surface area contributed by atoms with E-state index in [1.807, 2.05) is 83.7 Å². The van der Waals surface area contributed by atoms with Crippen molar-refractivity contribution in [1.82, 2.24) is 9.78 Å². The van der Waals surface area contributed by atoms with Gasteiger partial charge in [-0.05, 0) is 84.5 Å². The van der Waals surface area contributed by atoms with Crippen molar-refractivity contribution in [2.75, 3.05) is 18.0 Å². The highest BCUT2D eigenvalue weighted by Crippen LogP contribution is 2.42. The summed E-state index contributed by atoms with van der Waals surface area (Å²) in [6, 6.07) is 31.8. The molecule has 0 aliphatic rings. The zero-order valence-electron chi connectivity index (χ0n) is 21.7. The molecule has 8 heteroatoms. The van der Waals surface area contributed by atoms with Gasteiger partial charge in [0.1, 0.15) is 4.90 Å². The topological polar surface area (TPSA) is 64.4 Å². The summed E-state index contributed by atoms with van der Waals surface area (Å²) in [6.45, 7) is 5.68. The summed E-state index contributed by atoms with van der Waals surface area (Å²) in [7, 11) is -4.10. The monoisotopic (exact) mass is 649 g/mol. The number of para-hydroxylation sites is 1. The predicted molar refractivity (Wildman–Crippen MR) is 165 cm³/mol. The highest BCUT2D eigenvalue weighted by molar-refractivity contribution is 14.1. The Morgan fingerprint density at radius 3 is 2.10 bits per heavy atom. The van der Waals surface area contributed by atoms with Crippen molar-refractivity contribution in [1.29, 1.82) is 0 Å². The van der Waals surface area contributed by atoms with E-state index in [9.17, 15) is 8.42 Å². The number of rotatable bonds is 9. The molecule has 1 aromatic heterocycles. The van der Waals surface area contributed by atoms with Crippen LogP contribution in [-0.2, 0) is 10.1 Å². The van der Waals surface area contributed by atoms with Crippen LogP contribution >= 0.6 is 22.6 Å². The van der Waals surface area contributed by atoms with E-state index < -0.39 is 10.1 Å². The average molecular weight is 650 g/mol. The van der Waals surface area contributed by atoms with Crippen LogP contribution < -0.4 is 9.08 Å². The Kier molecular flexibility index (Phi) is 8.04. The van der Waals surface area contributed by atoms with Crippen molar-refractivity contribution in [3.8, 4) is 33.8 Å². The highest BCUT2D eigenvalue weighted by Gasteiger charge is 2.25. The van der Waals surface area contributed by atoms with Crippen LogP contribution in [0.2, 0.25) is 0 Å². The SMILES string of the molecule is CCN(CC)c1ccc(-c2c(-c3ccccc3I)cnn2-c2ccccc2)c(OS(=O)(=O)c2ccccc2)c1. The number of hydrogen-bond donors (Lipinski definition) is 0. The minimum atomic E-state index is -4.10. The molecule has 0 fully saturated rings. The predicted octanol–water partition coefficient (Wildman–Crippen LogP) is 7.42. The van der Waals surface area contributed by atoms with Crippen molar-refractivity contribution in [2.45, 2.75) is 18.7 Å². The largest absolute Gasteiger partial charge is 0.378 e. The second-order valence-corrected chi connectivity index (χ2v) is 11.5. The van der Waals surface area contributed by atoms with Gasteiger partial charge in [-0.25, -0.2) is 4.68 Å². The molecule has 0 amide bonds. The summed E-state index contributed by atoms with van der Waals surface area (Å²) in [4.78, 5) is 2.25. The quantitative estimate of drug-likeness (QED) is 0.123. The lowest BCUT2D eigenvalue weighted by Crippen LogP contribution is -2.22. The van der Waals surface area contributed by atoms with Crippen LogP contribution in [0.4, 0.5) is 5.69 Å². The lowest BCUT2D eigenvalue weighted by Gasteiger charge is -2.23. The Labute approximate surface area is 243 Å². The molecule has 0 radical (unpaired) electrons. The molecular weight excluding hydrogens is 621 g/mol. The van der Waals surface area contributed by atoms with Gasteiger partial charge in [-0.15, -0.1) is 0 Å². The number of halogens is 1. The number of anilines is 1. The maximum Gasteiger partial charge on any atom is 0.339 e. The van der Waals surface area contributed by atoms with Crippen LogP contribution in [-0.4, -0.2) is 31.3 Å². The minimum Gasteiger partial charge on any atom is -0.378 e. The van der Waals surface area contributed by atoms with Gasteiger partial charge in [0.05, 0.1) is 17.6 Å². The molecule has 1 heterocycles. The van der Waals surface area contributed by atoms with Crippen LogP contribution in [0.15, 0.2) is 114 Å². The Hall–Kier alpha value is -3.63. The van der Waals surface area contributed by atoms with Crippen LogP contribution in [0, 0.1) is 3.57 Å². The van der Waals surface area contributed by atoms with Gasteiger partial charge in [0.15, 0.2) is 5.75 Å². The number of nitrogens with zero attached hydrogens (tertiary/aromatic N) is 3. The van der Waals surface area contributed by atoms with Gasteiger partial charge in [0.2, 0.25) is 0 Å². The Bertz CT molecular complexity index is 1680. The standard InChI is InChI=1S/C31H28IN3O3S/c1-3-34(4-2)24-19-20-27(30(21-24)38-39(36,37)25-15-9-6-10-16-25)31-28(26-17-11-12-18-29(26)32)22-33-35(31)23-13-7-5-8-14-23/h5-22H,3-4H2,1-2H3. The molecule has 0 spiro atoms. The second kappa shape index (κ2) is 11.6. The molecular formula is C31H28IN3O3S. The molecule has 5 aromatic rings. The molecule has 4 aromatic carbocycles. The van der Waals surface area contributed by atoms with Crippen LogP contribution in [0.3, 0.4) is 0 Å². The maximum atomic E-state index is 13.4. The highest BCUT2D eigenvalue weighted by atomic mass is 127. The van der Waals surface area contributed by atoms with E-state index >= 15 is 0 Å². The third-order valence-electron chi connectivity index (χ3n) is 6.51. The van der Waals surface area contributed by atoms with E-state index in [4.69, 9.17) is 9.28 Å². The van der Waals surface area contributed by atoms with E-state index in [0.717, 1.165) is 44.9 Å². The number of aromatic nitrogens is 2. The molecule has 6 nitrogen and oxygen atoms in total. The van der Waals surface area contributed by atoms with Gasteiger partial charge >= 0.3 is 10.1 Å². The molecule has 39 heavy (non-hydrogen) atoms. The molecule has 0 unspecified atom stereocenters. The molecule has 0 bridgehead atoms. The first-order chi connectivity index (χ1) is 18.9. The smallest absolute Gasteiger partial charge is 0.339 e. The molecule has 0 N–H and O–H groups in total. The van der Waals surface area contributed by atoms with E-state index in [2.05, 4.69) is 41.3 Å². The van der Waals surface area contributed by atoms with Crippen LogP contribution in [0.25, 0.3) is 28.1 Å². The van der Waals surface area contributed by atoms with Crippen LogP contribution in [0.5, 0.6) is 5.75 Å². The fourth-order valence-corrected chi connectivity index (χ4v) is 6.20. The molecule has 0 aliphatic heterocycles. The van der Waals surface area contributed by atoms with E-state index in [0.29, 0.717) is 5.56 Å². The molecule has 0 aliphatic carbocycles. The fourth-order valence-electron chi connectivity index (χ4n) is 4.56. The van der Waals surface area contributed by atoms with E-state index in [1.165, 1.54) is 12.1 Å². The summed E-state index contributed by atoms with van der Waals surface area (Å²) < 4.78 is 35.7. The molecule has 0 saturated heterocycles. The first kappa shape index (κ1) is 27.0. The third kappa shape index (κ3) is 5.58. The van der Waals surface area contributed by atoms with Crippen molar-refractivity contribution in [3.63, 3.8) is 0 Å². The first-order valence-electron chi connectivity index (χ1n) is 12.7. The maximum absolute atomic E-state index is 13.4. The lowest BCUT2D eigenvalue weighted by atomic mass is 10.00. The third-order valence-corrected chi connectivity index (χ3v) is 8.70. The second-order valence-electron chi connectivity index (χ2n) is 8.84. The Morgan fingerprint density at radius 2 is 1.44 bits per heavy atom. The Morgan fingerprint density at radius 1 is 0.795 bits per heavy atom. The van der Waals surface area contributed by atoms with Gasteiger partial charge in [-0.2, -0.15) is 13.5 Å². The van der Waals surface area contributed by atoms with E-state index in [-0.39, 0.29) is 10.6 Å². The summed E-state index contributed by atoms with van der Waals surface area (Å²) in [5, 5.41) is 4.76. The number of benzene rings is 4. The number of hydrogen-bond acceptors (Lipinski definition) is 5. The van der Waals surface area contributed by atoms with E-state index in [1.54, 1.807) is 18.2 Å². The van der Waals surface area contributed by atoms with Crippen molar-refractivity contribution in [3.05, 3.63) is 113 Å². The van der Waals surface area contributed by atoms with Gasteiger partial charge in [0.25, 0.3) is 0 Å². The van der Waals surface area contributed by atoms with Gasteiger partial charge in [-0.3, -0.25) is 0 Å². The molecule has 0 atom stereocenters. The fraction of sp³-hybridized carbons (Fsp3) is 0.129. The van der Waals surface area contributed by atoms with Gasteiger partial charge in [0, 0.05) is 39.5 Å². The minimum absolute atomic E-state index is 0.0959. The van der Waals surface area contributed by atoms with Crippen molar-refractivity contribution in [2.24, 2.45) is 0 Å². The zero-order valence-corrected chi connectivity index (χ0v) is 24.6. The van der Waals surface area contributed by atoms with Crippen LogP contribution in [0.1, 0.15) is 13.8 Å². The lowest BCUT2D eigenvalue weighted by molar-refractivity contribution is 0.486. The molecule has 0 saturated carbocycles. The Balaban J connectivity index is 1.77. The van der Waals surface area contributed by atoms with Gasteiger partial charge < -0.3 is 9.08 Å². The van der Waals surface area contributed by atoms with Crippen molar-refractivity contribution >= 4 is 38.4 Å². The normalized spacial score (nSPS) is 11.4. The van der Waals surface area contributed by atoms with Gasteiger partial charge in [-0.1, -0.05) is 54.6 Å². The van der Waals surface area contributed by atoms with Crippen molar-refractivity contribution < 1.29 is 12.6 Å². The molecule has 5 rings (SSSR count). The zero-order chi connectivity index (χ0) is 27.4. The molecule has 198 valence electrons. The summed E-state index contributed by atoms with van der Waals surface area (Å²) >= 11 is 2.32. The average Bonchev–Trinajstić information content (AvgIpc) is 3.39. The summed E-state index contributed by atoms with van der Waals surface area (Å²) in [6.07, 6.45) is 1.83. The first-order valence-corrected chi connectivity index (χ1v) is 15.2.